The molecule has 0 amide bonds. The summed E-state index contributed by atoms with van der Waals surface area (Å²) in [5.41, 5.74) is 4.41. The van der Waals surface area contributed by atoms with Gasteiger partial charge in [-0.3, -0.25) is 0 Å². The molecule has 0 atom stereocenters. The molecule has 8 heteroatoms. The van der Waals surface area contributed by atoms with E-state index in [1.807, 2.05) is 57.2 Å². The lowest BCUT2D eigenvalue weighted by Gasteiger charge is -2.09. The Morgan fingerprint density at radius 1 is 1.07 bits per heavy atom. The van der Waals surface area contributed by atoms with Crippen LogP contribution in [0.1, 0.15) is 28.8 Å². The molecular weight excluding hydrogens is 404 g/mol. The van der Waals surface area contributed by atoms with Crippen LogP contribution < -0.4 is 4.72 Å². The van der Waals surface area contributed by atoms with E-state index < -0.39 is 10.0 Å². The average molecular weight is 427 g/mol. The number of hydrogen-bond donors (Lipinski definition) is 1. The largest absolute Gasteiger partial charge is 0.240 e. The number of rotatable bonds is 6. The van der Waals surface area contributed by atoms with Gasteiger partial charge in [-0.2, -0.15) is 5.10 Å². The SMILES string of the molecule is CCc1nn2c(CNS(=O)(=O)c3ccc(C)c(C)c3)c(-c3ccccc3)nc2s1. The van der Waals surface area contributed by atoms with Gasteiger partial charge in [-0.25, -0.2) is 22.6 Å². The van der Waals surface area contributed by atoms with Crippen molar-refractivity contribution in [3.8, 4) is 11.3 Å². The van der Waals surface area contributed by atoms with E-state index in [9.17, 15) is 8.42 Å². The molecule has 6 nitrogen and oxygen atoms in total. The predicted octanol–water partition coefficient (Wildman–Crippen LogP) is 4.12. The number of hydrogen-bond acceptors (Lipinski definition) is 5. The van der Waals surface area contributed by atoms with Crippen LogP contribution in [0.2, 0.25) is 0 Å². The molecular formula is C21H22N4O2S2. The normalized spacial score (nSPS) is 12.0. The van der Waals surface area contributed by atoms with Crippen LogP contribution in [-0.2, 0) is 23.0 Å². The molecule has 29 heavy (non-hydrogen) atoms. The lowest BCUT2D eigenvalue weighted by Crippen LogP contribution is -2.24. The molecule has 0 radical (unpaired) electrons. The highest BCUT2D eigenvalue weighted by molar-refractivity contribution is 7.89. The monoisotopic (exact) mass is 426 g/mol. The van der Waals surface area contributed by atoms with E-state index in [2.05, 4.69) is 9.82 Å². The van der Waals surface area contributed by atoms with Crippen LogP contribution in [0.5, 0.6) is 0 Å². The van der Waals surface area contributed by atoms with Gasteiger partial charge < -0.3 is 0 Å². The van der Waals surface area contributed by atoms with Gasteiger partial charge in [-0.15, -0.1) is 0 Å². The first kappa shape index (κ1) is 19.8. The van der Waals surface area contributed by atoms with Gasteiger partial charge in [0.2, 0.25) is 15.0 Å². The van der Waals surface area contributed by atoms with Crippen molar-refractivity contribution >= 4 is 26.3 Å². The molecule has 4 aromatic rings. The summed E-state index contributed by atoms with van der Waals surface area (Å²) < 4.78 is 30.2. The van der Waals surface area contributed by atoms with Gasteiger partial charge >= 0.3 is 0 Å². The van der Waals surface area contributed by atoms with Crippen LogP contribution in [0.3, 0.4) is 0 Å². The van der Waals surface area contributed by atoms with Crippen LogP contribution in [0.4, 0.5) is 0 Å². The van der Waals surface area contributed by atoms with Crippen LogP contribution in [-0.4, -0.2) is 23.0 Å². The van der Waals surface area contributed by atoms with Crippen molar-refractivity contribution in [2.75, 3.05) is 0 Å². The zero-order valence-corrected chi connectivity index (χ0v) is 18.1. The van der Waals surface area contributed by atoms with Crippen molar-refractivity contribution in [2.45, 2.75) is 38.6 Å². The van der Waals surface area contributed by atoms with Crippen LogP contribution in [0.15, 0.2) is 53.4 Å². The van der Waals surface area contributed by atoms with E-state index in [0.717, 1.165) is 44.5 Å². The van der Waals surface area contributed by atoms with Crippen LogP contribution in [0.25, 0.3) is 16.2 Å². The van der Waals surface area contributed by atoms with Gasteiger partial charge in [0.05, 0.1) is 22.8 Å². The Morgan fingerprint density at radius 3 is 2.52 bits per heavy atom. The third kappa shape index (κ3) is 3.83. The number of nitrogens with zero attached hydrogens (tertiary/aromatic N) is 3. The maximum Gasteiger partial charge on any atom is 0.240 e. The van der Waals surface area contributed by atoms with E-state index in [-0.39, 0.29) is 11.4 Å². The molecule has 0 aliphatic heterocycles. The van der Waals surface area contributed by atoms with Crippen LogP contribution >= 0.6 is 11.3 Å². The van der Waals surface area contributed by atoms with Gasteiger partial charge in [0, 0.05) is 5.56 Å². The molecule has 4 rings (SSSR count). The number of imidazole rings is 1. The Labute approximate surface area is 174 Å². The first-order valence-corrected chi connectivity index (χ1v) is 11.7. The minimum absolute atomic E-state index is 0.105. The number of fused-ring (bicyclic) bond motifs is 1. The third-order valence-electron chi connectivity index (χ3n) is 4.91. The number of benzene rings is 2. The van der Waals surface area contributed by atoms with Crippen molar-refractivity contribution in [1.82, 2.24) is 19.3 Å². The number of aromatic nitrogens is 3. The van der Waals surface area contributed by atoms with E-state index >= 15 is 0 Å². The fourth-order valence-corrected chi connectivity index (χ4v) is 5.01. The second-order valence-electron chi connectivity index (χ2n) is 6.89. The van der Waals surface area contributed by atoms with Crippen molar-refractivity contribution in [3.05, 3.63) is 70.4 Å². The van der Waals surface area contributed by atoms with Crippen molar-refractivity contribution in [3.63, 3.8) is 0 Å². The van der Waals surface area contributed by atoms with Gasteiger partial charge in [-0.1, -0.05) is 54.7 Å². The summed E-state index contributed by atoms with van der Waals surface area (Å²) in [6, 6.07) is 14.9. The van der Waals surface area contributed by atoms with E-state index in [0.29, 0.717) is 0 Å². The molecule has 0 bridgehead atoms. The molecule has 1 N–H and O–H groups in total. The molecule has 0 fully saturated rings. The molecule has 0 saturated heterocycles. The summed E-state index contributed by atoms with van der Waals surface area (Å²) in [7, 11) is -3.66. The number of nitrogens with one attached hydrogen (secondary N) is 1. The van der Waals surface area contributed by atoms with E-state index in [1.165, 1.54) is 11.3 Å². The average Bonchev–Trinajstić information content (AvgIpc) is 3.27. The molecule has 0 aliphatic carbocycles. The molecule has 0 spiro atoms. The third-order valence-corrected chi connectivity index (χ3v) is 7.36. The highest BCUT2D eigenvalue weighted by atomic mass is 32.2. The second kappa shape index (κ2) is 7.70. The summed E-state index contributed by atoms with van der Waals surface area (Å²) in [5, 5.41) is 5.58. The lowest BCUT2D eigenvalue weighted by molar-refractivity contribution is 0.579. The molecule has 2 heterocycles. The summed E-state index contributed by atoms with van der Waals surface area (Å²) in [6.45, 7) is 6.01. The van der Waals surface area contributed by atoms with Crippen molar-refractivity contribution in [1.29, 1.82) is 0 Å². The molecule has 2 aromatic carbocycles. The quantitative estimate of drug-likeness (QED) is 0.503. The standard InChI is InChI=1S/C21H22N4O2S2/c1-4-19-24-25-18(20(23-21(25)28-19)16-8-6-5-7-9-16)13-22-29(26,27)17-11-10-14(2)15(3)12-17/h5-12,22H,4,13H2,1-3H3. The Kier molecular flexibility index (Phi) is 5.24. The van der Waals surface area contributed by atoms with Crippen molar-refractivity contribution in [2.24, 2.45) is 0 Å². The molecule has 0 unspecified atom stereocenters. The summed E-state index contributed by atoms with van der Waals surface area (Å²) in [5.74, 6) is 0. The van der Waals surface area contributed by atoms with Gasteiger partial charge in [0.15, 0.2) is 0 Å². The lowest BCUT2D eigenvalue weighted by atomic mass is 10.1. The molecule has 150 valence electrons. The maximum absolute atomic E-state index is 12.9. The Morgan fingerprint density at radius 2 is 1.83 bits per heavy atom. The Balaban J connectivity index is 1.72. The van der Waals surface area contributed by atoms with E-state index in [1.54, 1.807) is 16.6 Å². The zero-order chi connectivity index (χ0) is 20.6. The molecule has 0 saturated carbocycles. The number of aryl methyl sites for hydroxylation is 3. The first-order valence-electron chi connectivity index (χ1n) is 9.38. The van der Waals surface area contributed by atoms with Gasteiger partial charge in [0.25, 0.3) is 0 Å². The highest BCUT2D eigenvalue weighted by Gasteiger charge is 2.21. The van der Waals surface area contributed by atoms with Gasteiger partial charge in [0.1, 0.15) is 5.01 Å². The highest BCUT2D eigenvalue weighted by Crippen LogP contribution is 2.27. The molecule has 0 aliphatic rings. The van der Waals surface area contributed by atoms with Crippen LogP contribution in [0, 0.1) is 13.8 Å². The zero-order valence-electron chi connectivity index (χ0n) is 16.5. The summed E-state index contributed by atoms with van der Waals surface area (Å²) in [6.07, 6.45) is 0.808. The topological polar surface area (TPSA) is 76.4 Å². The second-order valence-corrected chi connectivity index (χ2v) is 9.69. The van der Waals surface area contributed by atoms with Crippen molar-refractivity contribution < 1.29 is 8.42 Å². The first-order chi connectivity index (χ1) is 13.9. The smallest absolute Gasteiger partial charge is 0.217 e. The fraction of sp³-hybridized carbons (Fsp3) is 0.238. The minimum atomic E-state index is -3.66. The Bertz CT molecular complexity index is 1280. The maximum atomic E-state index is 12.9. The number of sulfonamides is 1. The minimum Gasteiger partial charge on any atom is -0.217 e. The summed E-state index contributed by atoms with van der Waals surface area (Å²) in [4.78, 5) is 5.76. The predicted molar refractivity (Wildman–Crippen MR) is 116 cm³/mol. The Hall–Kier alpha value is -2.55. The summed E-state index contributed by atoms with van der Waals surface area (Å²) >= 11 is 1.52. The van der Waals surface area contributed by atoms with Gasteiger partial charge in [-0.05, 0) is 43.5 Å². The fourth-order valence-electron chi connectivity index (χ4n) is 3.09. The van der Waals surface area contributed by atoms with E-state index in [4.69, 9.17) is 4.98 Å². The molecule has 2 aromatic heterocycles.